The Hall–Kier alpha value is -1.60. The van der Waals surface area contributed by atoms with Crippen molar-refractivity contribution in [3.05, 3.63) is 27.7 Å². The summed E-state index contributed by atoms with van der Waals surface area (Å²) in [5, 5.41) is 0. The minimum absolute atomic E-state index is 0.531. The van der Waals surface area contributed by atoms with Crippen LogP contribution in [0.1, 0.15) is 17.6 Å². The highest BCUT2D eigenvalue weighted by Crippen LogP contribution is 2.28. The predicted molar refractivity (Wildman–Crippen MR) is 43.4 cm³/mol. The van der Waals surface area contributed by atoms with Gasteiger partial charge in [0.1, 0.15) is 0 Å². The second-order valence-corrected chi connectivity index (χ2v) is 2.88. The molecular formula is C8H6F5NO2. The highest BCUT2D eigenvalue weighted by Gasteiger charge is 2.34. The molecule has 3 nitrogen and oxygen atoms in total. The van der Waals surface area contributed by atoms with Crippen molar-refractivity contribution in [1.29, 1.82) is 0 Å². The molecule has 1 heterocycles. The lowest BCUT2D eigenvalue weighted by Gasteiger charge is -2.12. The van der Waals surface area contributed by atoms with Crippen molar-refractivity contribution in [3.63, 3.8) is 0 Å². The zero-order valence-electron chi connectivity index (χ0n) is 7.86. The molecule has 8 heteroatoms. The van der Waals surface area contributed by atoms with Crippen LogP contribution in [-0.4, -0.2) is 11.3 Å². The molecule has 1 aromatic rings. The molecule has 0 radical (unpaired) electrons. The van der Waals surface area contributed by atoms with Crippen molar-refractivity contribution in [2.45, 2.75) is 19.7 Å². The molecule has 0 aromatic carbocycles. The number of aromatic nitrogens is 1. The van der Waals surface area contributed by atoms with Gasteiger partial charge in [0.05, 0.1) is 0 Å². The van der Waals surface area contributed by atoms with Crippen LogP contribution in [0.2, 0.25) is 0 Å². The molecule has 0 aliphatic heterocycles. The van der Waals surface area contributed by atoms with Gasteiger partial charge < -0.3 is 9.72 Å². The molecule has 0 aliphatic carbocycles. The Balaban J connectivity index is 3.27. The first kappa shape index (κ1) is 12.5. The molecule has 0 atom stereocenters. The van der Waals surface area contributed by atoms with Gasteiger partial charge in [0.15, 0.2) is 5.75 Å². The van der Waals surface area contributed by atoms with E-state index in [9.17, 15) is 26.7 Å². The topological polar surface area (TPSA) is 42.1 Å². The molecule has 1 aromatic heterocycles. The molecule has 0 aliphatic rings. The van der Waals surface area contributed by atoms with Crippen molar-refractivity contribution in [2.75, 3.05) is 0 Å². The normalized spacial score (nSPS) is 11.9. The fourth-order valence-corrected chi connectivity index (χ4v) is 1.08. The molecule has 1 rings (SSSR count). The van der Waals surface area contributed by atoms with E-state index in [-0.39, 0.29) is 0 Å². The summed E-state index contributed by atoms with van der Waals surface area (Å²) in [5.41, 5.74) is -2.45. The van der Waals surface area contributed by atoms with E-state index in [4.69, 9.17) is 0 Å². The second-order valence-electron chi connectivity index (χ2n) is 2.88. The van der Waals surface area contributed by atoms with Crippen LogP contribution < -0.4 is 10.3 Å². The van der Waals surface area contributed by atoms with Gasteiger partial charge in [0.2, 0.25) is 0 Å². The lowest BCUT2D eigenvalue weighted by Crippen LogP contribution is -2.24. The van der Waals surface area contributed by atoms with Crippen LogP contribution in [0, 0.1) is 6.92 Å². The Kier molecular flexibility index (Phi) is 3.20. The minimum atomic E-state index is -5.10. The molecule has 0 fully saturated rings. The van der Waals surface area contributed by atoms with Crippen molar-refractivity contribution in [3.8, 4) is 5.75 Å². The van der Waals surface area contributed by atoms with E-state index >= 15 is 0 Å². The fourth-order valence-electron chi connectivity index (χ4n) is 1.08. The summed E-state index contributed by atoms with van der Waals surface area (Å²) >= 11 is 0. The summed E-state index contributed by atoms with van der Waals surface area (Å²) in [4.78, 5) is 12.7. The van der Waals surface area contributed by atoms with Gasteiger partial charge in [-0.25, -0.2) is 8.78 Å². The lowest BCUT2D eigenvalue weighted by molar-refractivity contribution is -0.275. The highest BCUT2D eigenvalue weighted by atomic mass is 19.4. The van der Waals surface area contributed by atoms with Crippen LogP contribution in [0.25, 0.3) is 0 Å². The average Bonchev–Trinajstić information content (AvgIpc) is 2.10. The average molecular weight is 243 g/mol. The van der Waals surface area contributed by atoms with Crippen LogP contribution >= 0.6 is 0 Å². The van der Waals surface area contributed by atoms with E-state index in [0.717, 1.165) is 6.92 Å². The first-order chi connectivity index (χ1) is 7.22. The van der Waals surface area contributed by atoms with Crippen LogP contribution in [0.3, 0.4) is 0 Å². The first-order valence-electron chi connectivity index (χ1n) is 3.98. The van der Waals surface area contributed by atoms with Gasteiger partial charge in [0.25, 0.3) is 12.0 Å². The maximum absolute atomic E-state index is 12.3. The molecule has 0 unspecified atom stereocenters. The monoisotopic (exact) mass is 243 g/mol. The molecule has 16 heavy (non-hydrogen) atoms. The summed E-state index contributed by atoms with van der Waals surface area (Å²) in [6.07, 6.45) is -7.43. The third kappa shape index (κ3) is 2.71. The first-order valence-corrected chi connectivity index (χ1v) is 3.98. The van der Waals surface area contributed by atoms with Gasteiger partial charge in [0, 0.05) is 17.3 Å². The van der Waals surface area contributed by atoms with E-state index in [0.29, 0.717) is 6.20 Å². The van der Waals surface area contributed by atoms with Crippen molar-refractivity contribution in [1.82, 2.24) is 4.98 Å². The maximum Gasteiger partial charge on any atom is 0.573 e. The molecular weight excluding hydrogens is 237 g/mol. The number of rotatable bonds is 2. The number of H-pyrrole nitrogens is 1. The van der Waals surface area contributed by atoms with E-state index in [1.807, 2.05) is 0 Å². The quantitative estimate of drug-likeness (QED) is 0.811. The molecule has 1 N–H and O–H groups in total. The highest BCUT2D eigenvalue weighted by molar-refractivity contribution is 5.36. The maximum atomic E-state index is 12.3. The number of alkyl halides is 5. The number of aromatic amines is 1. The largest absolute Gasteiger partial charge is 0.573 e. The minimum Gasteiger partial charge on any atom is -0.400 e. The number of pyridine rings is 1. The van der Waals surface area contributed by atoms with Gasteiger partial charge in [-0.2, -0.15) is 0 Å². The van der Waals surface area contributed by atoms with Crippen LogP contribution in [0.4, 0.5) is 22.0 Å². The van der Waals surface area contributed by atoms with Gasteiger partial charge in [-0.15, -0.1) is 13.2 Å². The third-order valence-corrected chi connectivity index (χ3v) is 1.79. The SMILES string of the molecule is Cc1c(C(F)F)c[nH]c(=O)c1OC(F)(F)F. The Morgan fingerprint density at radius 3 is 2.38 bits per heavy atom. The summed E-state index contributed by atoms with van der Waals surface area (Å²) in [5.74, 6) is -1.16. The van der Waals surface area contributed by atoms with Gasteiger partial charge in [-0.3, -0.25) is 4.79 Å². The zero-order valence-corrected chi connectivity index (χ0v) is 7.86. The molecule has 0 saturated carbocycles. The number of halogens is 5. The van der Waals surface area contributed by atoms with E-state index in [1.54, 1.807) is 4.98 Å². The van der Waals surface area contributed by atoms with Gasteiger partial charge in [-0.05, 0) is 6.92 Å². The summed E-state index contributed by atoms with van der Waals surface area (Å²) in [6, 6.07) is 0. The second kappa shape index (κ2) is 4.11. The smallest absolute Gasteiger partial charge is 0.400 e. The Morgan fingerprint density at radius 2 is 1.94 bits per heavy atom. The standard InChI is InChI=1S/C8H6F5NO2/c1-3-4(6(9)10)2-14-7(15)5(3)16-8(11,12)13/h2,6H,1H3,(H,14,15). The Bertz CT molecular complexity index is 437. The van der Waals surface area contributed by atoms with E-state index in [1.165, 1.54) is 0 Å². The molecule has 90 valence electrons. The zero-order chi connectivity index (χ0) is 12.5. The summed E-state index contributed by atoms with van der Waals surface area (Å²) < 4.78 is 63.6. The number of hydrogen-bond acceptors (Lipinski definition) is 2. The van der Waals surface area contributed by atoms with Crippen molar-refractivity contribution < 1.29 is 26.7 Å². The van der Waals surface area contributed by atoms with Crippen LogP contribution in [0.15, 0.2) is 11.0 Å². The lowest BCUT2D eigenvalue weighted by atomic mass is 10.1. The van der Waals surface area contributed by atoms with Gasteiger partial charge >= 0.3 is 6.36 Å². The van der Waals surface area contributed by atoms with Gasteiger partial charge in [-0.1, -0.05) is 0 Å². The Morgan fingerprint density at radius 1 is 1.38 bits per heavy atom. The van der Waals surface area contributed by atoms with Crippen LogP contribution in [-0.2, 0) is 0 Å². The van der Waals surface area contributed by atoms with E-state index in [2.05, 4.69) is 4.74 Å². The number of ether oxygens (including phenoxy) is 1. The molecule has 0 spiro atoms. The predicted octanol–water partition coefficient (Wildman–Crippen LogP) is 2.52. The van der Waals surface area contributed by atoms with Crippen LogP contribution in [0.5, 0.6) is 5.75 Å². The summed E-state index contributed by atoms with van der Waals surface area (Å²) in [7, 11) is 0. The fraction of sp³-hybridized carbons (Fsp3) is 0.375. The van der Waals surface area contributed by atoms with E-state index < -0.39 is 35.2 Å². The van der Waals surface area contributed by atoms with Crippen molar-refractivity contribution >= 4 is 0 Å². The molecule has 0 amide bonds. The summed E-state index contributed by atoms with van der Waals surface area (Å²) in [6.45, 7) is 0.956. The molecule has 0 bridgehead atoms. The number of hydrogen-bond donors (Lipinski definition) is 1. The Labute approximate surface area is 85.8 Å². The third-order valence-electron chi connectivity index (χ3n) is 1.79. The van der Waals surface area contributed by atoms with Crippen molar-refractivity contribution in [2.24, 2.45) is 0 Å². The molecule has 0 saturated heterocycles. The number of nitrogens with one attached hydrogen (secondary N) is 1.